The lowest BCUT2D eigenvalue weighted by Gasteiger charge is -2.27. The Hall–Kier alpha value is -3.23. The number of unbranched alkanes of at least 4 members (excludes halogenated alkanes) is 1. The van der Waals surface area contributed by atoms with Crippen LogP contribution in [-0.4, -0.2) is 74.1 Å². The minimum absolute atomic E-state index is 0.0470. The van der Waals surface area contributed by atoms with Gasteiger partial charge in [0.1, 0.15) is 12.6 Å². The molecule has 3 rings (SSSR count). The lowest BCUT2D eigenvalue weighted by atomic mass is 9.91. The van der Waals surface area contributed by atoms with Gasteiger partial charge in [-0.15, -0.1) is 4.28 Å². The van der Waals surface area contributed by atoms with E-state index in [1.165, 1.54) is 4.90 Å². The first kappa shape index (κ1) is 31.3. The fourth-order valence-corrected chi connectivity index (χ4v) is 5.20. The summed E-state index contributed by atoms with van der Waals surface area (Å²) in [6.07, 6.45) is 2.29. The zero-order chi connectivity index (χ0) is 29.3. The molecule has 1 aromatic carbocycles. The summed E-state index contributed by atoms with van der Waals surface area (Å²) in [6, 6.07) is 7.25. The van der Waals surface area contributed by atoms with Crippen LogP contribution in [0.3, 0.4) is 0 Å². The standard InChI is InChI=1S/C26H37N3O10S/c1-26(2,14-15-36-22(30)10-6-7-11-23(31)37-17-19-8-4-3-5-9-19)18-38-40(34,35)39-29-20-12-13-21(24(27)32)28(16-20)25(29)33/h3-5,8-9,20-21H,6-7,10-18H2,1-2H3,(H2,27,32)/t20-,21+/m1/s1. The highest BCUT2D eigenvalue weighted by molar-refractivity contribution is 7.81. The summed E-state index contributed by atoms with van der Waals surface area (Å²) in [5, 5.41) is 0.718. The van der Waals surface area contributed by atoms with Crippen molar-refractivity contribution in [3.8, 4) is 0 Å². The molecule has 222 valence electrons. The van der Waals surface area contributed by atoms with E-state index < -0.39 is 45.8 Å². The fraction of sp³-hybridized carbons (Fsp3) is 0.615. The van der Waals surface area contributed by atoms with Crippen LogP contribution in [0.4, 0.5) is 4.79 Å². The zero-order valence-electron chi connectivity index (χ0n) is 22.8. The van der Waals surface area contributed by atoms with Gasteiger partial charge in [-0.25, -0.2) is 8.98 Å². The summed E-state index contributed by atoms with van der Waals surface area (Å²) in [7, 11) is -4.57. The second-order valence-corrected chi connectivity index (χ2v) is 11.8. The van der Waals surface area contributed by atoms with Gasteiger partial charge in [0.2, 0.25) is 5.91 Å². The maximum atomic E-state index is 12.5. The van der Waals surface area contributed by atoms with Crippen LogP contribution in [0.2, 0.25) is 0 Å². The van der Waals surface area contributed by atoms with E-state index in [9.17, 15) is 27.6 Å². The topological polar surface area (TPSA) is 172 Å². The number of nitrogens with zero attached hydrogens (tertiary/aromatic N) is 2. The van der Waals surface area contributed by atoms with E-state index in [4.69, 9.17) is 23.7 Å². The molecular formula is C26H37N3O10S. The molecule has 40 heavy (non-hydrogen) atoms. The van der Waals surface area contributed by atoms with E-state index in [1.807, 2.05) is 30.3 Å². The molecule has 13 nitrogen and oxygen atoms in total. The summed E-state index contributed by atoms with van der Waals surface area (Å²) in [4.78, 5) is 49.1. The summed E-state index contributed by atoms with van der Waals surface area (Å²) in [5.74, 6) is -1.41. The molecule has 2 N–H and O–H groups in total. The monoisotopic (exact) mass is 583 g/mol. The van der Waals surface area contributed by atoms with Crippen molar-refractivity contribution in [3.05, 3.63) is 35.9 Å². The predicted octanol–water partition coefficient (Wildman–Crippen LogP) is 2.20. The molecule has 2 heterocycles. The van der Waals surface area contributed by atoms with Crippen LogP contribution >= 0.6 is 0 Å². The predicted molar refractivity (Wildman–Crippen MR) is 140 cm³/mol. The van der Waals surface area contributed by atoms with Crippen LogP contribution < -0.4 is 5.73 Å². The number of nitrogens with two attached hydrogens (primary N) is 1. The van der Waals surface area contributed by atoms with E-state index in [2.05, 4.69) is 0 Å². The lowest BCUT2D eigenvalue weighted by molar-refractivity contribution is -0.147. The molecule has 0 spiro atoms. The molecule has 2 atom stereocenters. The first-order valence-electron chi connectivity index (χ1n) is 13.2. The molecule has 1 aromatic rings. The number of urea groups is 1. The van der Waals surface area contributed by atoms with Crippen LogP contribution in [-0.2, 0) is 49.3 Å². The fourth-order valence-electron chi connectivity index (χ4n) is 4.31. The first-order valence-corrected chi connectivity index (χ1v) is 14.5. The van der Waals surface area contributed by atoms with E-state index in [-0.39, 0.29) is 45.2 Å². The van der Waals surface area contributed by atoms with Gasteiger partial charge < -0.3 is 20.1 Å². The second-order valence-electron chi connectivity index (χ2n) is 10.6. The molecule has 2 aliphatic rings. The van der Waals surface area contributed by atoms with Gasteiger partial charge in [-0.2, -0.15) is 13.5 Å². The quantitative estimate of drug-likeness (QED) is 0.225. The van der Waals surface area contributed by atoms with Crippen molar-refractivity contribution in [2.75, 3.05) is 19.8 Å². The Morgan fingerprint density at radius 3 is 2.33 bits per heavy atom. The van der Waals surface area contributed by atoms with Gasteiger partial charge in [0.05, 0.1) is 19.3 Å². The minimum atomic E-state index is -4.57. The SMILES string of the molecule is CC(C)(CCOC(=O)CCCCC(=O)OCc1ccccc1)COS(=O)(=O)ON1C(=O)N2C[C@H]1CC[C@H]2C(N)=O. The highest BCUT2D eigenvalue weighted by atomic mass is 32.3. The molecular weight excluding hydrogens is 546 g/mol. The molecule has 2 bridgehead atoms. The largest absolute Gasteiger partial charge is 0.466 e. The van der Waals surface area contributed by atoms with E-state index in [0.29, 0.717) is 32.1 Å². The van der Waals surface area contributed by atoms with Crippen molar-refractivity contribution in [3.63, 3.8) is 0 Å². The number of hydrogen-bond donors (Lipinski definition) is 1. The molecule has 2 saturated heterocycles. The molecule has 0 saturated carbocycles. The Bertz CT molecular complexity index is 1160. The van der Waals surface area contributed by atoms with E-state index in [1.54, 1.807) is 13.8 Å². The number of piperidine rings is 1. The highest BCUT2D eigenvalue weighted by Gasteiger charge is 2.49. The van der Waals surface area contributed by atoms with E-state index in [0.717, 1.165) is 10.6 Å². The van der Waals surface area contributed by atoms with E-state index >= 15 is 0 Å². The number of benzene rings is 1. The van der Waals surface area contributed by atoms with Crippen LogP contribution in [0.1, 0.15) is 64.4 Å². The zero-order valence-corrected chi connectivity index (χ0v) is 23.6. The molecule has 0 aliphatic carbocycles. The highest BCUT2D eigenvalue weighted by Crippen LogP contribution is 2.31. The maximum Gasteiger partial charge on any atom is 0.421 e. The summed E-state index contributed by atoms with van der Waals surface area (Å²) >= 11 is 0. The van der Waals surface area contributed by atoms with Crippen molar-refractivity contribution in [1.29, 1.82) is 0 Å². The molecule has 2 fully saturated rings. The number of ether oxygens (including phenoxy) is 2. The van der Waals surface area contributed by atoms with Crippen molar-refractivity contribution in [1.82, 2.24) is 9.96 Å². The average Bonchev–Trinajstić information content (AvgIpc) is 3.13. The molecule has 0 aromatic heterocycles. The summed E-state index contributed by atoms with van der Waals surface area (Å²) < 4.78 is 45.2. The molecule has 0 radical (unpaired) electrons. The number of hydroxylamine groups is 2. The van der Waals surface area contributed by atoms with Crippen LogP contribution in [0.25, 0.3) is 0 Å². The first-order chi connectivity index (χ1) is 18.9. The Labute approximate surface area is 234 Å². The van der Waals surface area contributed by atoms with Crippen LogP contribution in [0.15, 0.2) is 30.3 Å². The normalized spacial score (nSPS) is 19.0. The Balaban J connectivity index is 1.29. The van der Waals surface area contributed by atoms with Crippen molar-refractivity contribution < 1.29 is 45.5 Å². The van der Waals surface area contributed by atoms with Gasteiger partial charge >= 0.3 is 28.4 Å². The third-order valence-corrected chi connectivity index (χ3v) is 7.46. The Morgan fingerprint density at radius 2 is 1.68 bits per heavy atom. The van der Waals surface area contributed by atoms with Gasteiger partial charge in [0, 0.05) is 19.4 Å². The number of carbonyl (C=O) groups is 4. The summed E-state index contributed by atoms with van der Waals surface area (Å²) in [6.45, 7) is 3.57. The number of amides is 3. The van der Waals surface area contributed by atoms with Gasteiger partial charge in [0.25, 0.3) is 0 Å². The number of fused-ring (bicyclic) bond motifs is 2. The van der Waals surface area contributed by atoms with Gasteiger partial charge in [-0.3, -0.25) is 14.4 Å². The minimum Gasteiger partial charge on any atom is -0.466 e. The average molecular weight is 584 g/mol. The molecule has 0 unspecified atom stereocenters. The Morgan fingerprint density at radius 1 is 1.02 bits per heavy atom. The molecule has 14 heteroatoms. The molecule has 2 aliphatic heterocycles. The number of rotatable bonds is 16. The lowest BCUT2D eigenvalue weighted by Crippen LogP contribution is -2.47. The summed E-state index contributed by atoms with van der Waals surface area (Å²) in [5.41, 5.74) is 5.52. The smallest absolute Gasteiger partial charge is 0.421 e. The second kappa shape index (κ2) is 13.9. The number of hydrogen-bond acceptors (Lipinski definition) is 10. The number of esters is 2. The number of primary amides is 1. The van der Waals surface area contributed by atoms with Gasteiger partial charge in [0.15, 0.2) is 0 Å². The van der Waals surface area contributed by atoms with Crippen molar-refractivity contribution in [2.24, 2.45) is 11.1 Å². The maximum absolute atomic E-state index is 12.5. The van der Waals surface area contributed by atoms with Crippen LogP contribution in [0, 0.1) is 5.41 Å². The third-order valence-electron chi connectivity index (χ3n) is 6.71. The van der Waals surface area contributed by atoms with Crippen molar-refractivity contribution >= 4 is 34.3 Å². The van der Waals surface area contributed by atoms with Gasteiger partial charge in [-0.1, -0.05) is 44.2 Å². The third kappa shape index (κ3) is 9.45. The van der Waals surface area contributed by atoms with Crippen LogP contribution in [0.5, 0.6) is 0 Å². The van der Waals surface area contributed by atoms with Crippen molar-refractivity contribution in [2.45, 2.75) is 77.5 Å². The number of carbonyl (C=O) groups excluding carboxylic acids is 4. The van der Waals surface area contributed by atoms with Gasteiger partial charge in [-0.05, 0) is 43.1 Å². The molecule has 3 amide bonds. The Kier molecular flexibility index (Phi) is 10.9.